The van der Waals surface area contributed by atoms with Gasteiger partial charge in [0.25, 0.3) is 0 Å². The molecule has 21 heavy (non-hydrogen) atoms. The van der Waals surface area contributed by atoms with Crippen molar-refractivity contribution >= 4 is 5.96 Å². The minimum Gasteiger partial charge on any atom is -0.357 e. The third-order valence-electron chi connectivity index (χ3n) is 3.33. The first-order chi connectivity index (χ1) is 10.0. The van der Waals surface area contributed by atoms with Crippen molar-refractivity contribution in [2.75, 3.05) is 6.54 Å². The van der Waals surface area contributed by atoms with E-state index in [-0.39, 0.29) is 0 Å². The van der Waals surface area contributed by atoms with E-state index < -0.39 is 0 Å². The quantitative estimate of drug-likeness (QED) is 0.569. The Hall–Kier alpha value is -1.59. The highest BCUT2D eigenvalue weighted by Gasteiger charge is 2.06. The van der Waals surface area contributed by atoms with Gasteiger partial charge in [0.1, 0.15) is 18.7 Å². The number of aliphatic imine (C=N–C) groups is 1. The van der Waals surface area contributed by atoms with Gasteiger partial charge in [-0.1, -0.05) is 26.7 Å². The topological polar surface area (TPSA) is 67.1 Å². The average molecular weight is 294 g/mol. The third kappa shape index (κ3) is 7.11. The lowest BCUT2D eigenvalue weighted by atomic mass is 10.0. The van der Waals surface area contributed by atoms with Crippen molar-refractivity contribution in [3.8, 4) is 0 Å². The van der Waals surface area contributed by atoms with E-state index in [4.69, 9.17) is 0 Å². The molecule has 0 amide bonds. The highest BCUT2D eigenvalue weighted by Crippen LogP contribution is 2.08. The number of aryl methyl sites for hydroxylation is 1. The lowest BCUT2D eigenvalue weighted by molar-refractivity contribution is 0.491. The predicted octanol–water partition coefficient (Wildman–Crippen LogP) is 2.08. The molecule has 0 radical (unpaired) electrons. The normalized spacial score (nSPS) is 13.5. The van der Waals surface area contributed by atoms with E-state index in [1.807, 2.05) is 7.05 Å². The van der Waals surface area contributed by atoms with Crippen LogP contribution in [-0.4, -0.2) is 33.3 Å². The molecule has 1 heterocycles. The summed E-state index contributed by atoms with van der Waals surface area (Å²) in [5.74, 6) is 2.48. The molecule has 0 aliphatic heterocycles. The summed E-state index contributed by atoms with van der Waals surface area (Å²) in [7, 11) is 1.88. The van der Waals surface area contributed by atoms with Crippen LogP contribution in [0.25, 0.3) is 0 Å². The van der Waals surface area contributed by atoms with E-state index in [2.05, 4.69) is 53.4 Å². The SMILES string of the molecule is CCNC(=NCc1ncnn1C)NC(C)CCCC(C)C. The molecular formula is C15H30N6. The number of nitrogens with zero attached hydrogens (tertiary/aromatic N) is 4. The summed E-state index contributed by atoms with van der Waals surface area (Å²) in [6.07, 6.45) is 5.24. The fraction of sp³-hybridized carbons (Fsp3) is 0.800. The van der Waals surface area contributed by atoms with Crippen LogP contribution in [0.5, 0.6) is 0 Å². The van der Waals surface area contributed by atoms with Crippen LogP contribution in [0.4, 0.5) is 0 Å². The lowest BCUT2D eigenvalue weighted by Gasteiger charge is -2.18. The van der Waals surface area contributed by atoms with Crippen LogP contribution < -0.4 is 10.6 Å². The molecule has 6 nitrogen and oxygen atoms in total. The first-order valence-corrected chi connectivity index (χ1v) is 7.90. The molecule has 0 aromatic carbocycles. The fourth-order valence-electron chi connectivity index (χ4n) is 2.07. The van der Waals surface area contributed by atoms with Crippen LogP contribution in [0.15, 0.2) is 11.3 Å². The second-order valence-electron chi connectivity index (χ2n) is 5.87. The molecule has 0 aliphatic carbocycles. The summed E-state index contributed by atoms with van der Waals surface area (Å²) in [6, 6.07) is 0.418. The second kappa shape index (κ2) is 9.37. The van der Waals surface area contributed by atoms with Gasteiger partial charge in [-0.3, -0.25) is 4.68 Å². The van der Waals surface area contributed by atoms with Crippen molar-refractivity contribution < 1.29 is 0 Å². The summed E-state index contributed by atoms with van der Waals surface area (Å²) in [4.78, 5) is 8.76. The smallest absolute Gasteiger partial charge is 0.191 e. The first-order valence-electron chi connectivity index (χ1n) is 7.90. The molecule has 1 aromatic rings. The number of aromatic nitrogens is 3. The van der Waals surface area contributed by atoms with Crippen LogP contribution >= 0.6 is 0 Å². The maximum absolute atomic E-state index is 4.57. The Bertz CT molecular complexity index is 424. The van der Waals surface area contributed by atoms with Crippen molar-refractivity contribution in [1.29, 1.82) is 0 Å². The Labute approximate surface area is 128 Å². The first kappa shape index (κ1) is 17.5. The molecule has 2 N–H and O–H groups in total. The Morgan fingerprint density at radius 2 is 2.10 bits per heavy atom. The Morgan fingerprint density at radius 1 is 1.33 bits per heavy atom. The van der Waals surface area contributed by atoms with Crippen molar-refractivity contribution in [3.05, 3.63) is 12.2 Å². The van der Waals surface area contributed by atoms with E-state index in [1.54, 1.807) is 11.0 Å². The van der Waals surface area contributed by atoms with E-state index in [9.17, 15) is 0 Å². The summed E-state index contributed by atoms with van der Waals surface area (Å²) < 4.78 is 1.75. The molecule has 0 spiro atoms. The second-order valence-corrected chi connectivity index (χ2v) is 5.87. The lowest BCUT2D eigenvalue weighted by Crippen LogP contribution is -2.42. The van der Waals surface area contributed by atoms with E-state index in [0.29, 0.717) is 12.6 Å². The number of guanidine groups is 1. The Morgan fingerprint density at radius 3 is 2.67 bits per heavy atom. The molecule has 0 saturated heterocycles. The van der Waals surface area contributed by atoms with Crippen LogP contribution in [0.2, 0.25) is 0 Å². The van der Waals surface area contributed by atoms with E-state index >= 15 is 0 Å². The van der Waals surface area contributed by atoms with Crippen LogP contribution in [0.3, 0.4) is 0 Å². The van der Waals surface area contributed by atoms with Gasteiger partial charge in [0.2, 0.25) is 0 Å². The van der Waals surface area contributed by atoms with Crippen molar-refractivity contribution in [2.24, 2.45) is 18.0 Å². The molecule has 1 unspecified atom stereocenters. The van der Waals surface area contributed by atoms with Crippen molar-refractivity contribution in [3.63, 3.8) is 0 Å². The minimum atomic E-state index is 0.418. The minimum absolute atomic E-state index is 0.418. The van der Waals surface area contributed by atoms with Crippen LogP contribution in [0, 0.1) is 5.92 Å². The van der Waals surface area contributed by atoms with Gasteiger partial charge in [-0.05, 0) is 26.2 Å². The predicted molar refractivity (Wildman–Crippen MR) is 87.1 cm³/mol. The molecule has 1 aromatic heterocycles. The zero-order valence-electron chi connectivity index (χ0n) is 14.1. The summed E-state index contributed by atoms with van der Waals surface area (Å²) >= 11 is 0. The van der Waals surface area contributed by atoms with Crippen LogP contribution in [-0.2, 0) is 13.6 Å². The molecule has 0 aliphatic rings. The fourth-order valence-corrected chi connectivity index (χ4v) is 2.07. The van der Waals surface area contributed by atoms with Gasteiger partial charge in [-0.2, -0.15) is 5.10 Å². The van der Waals surface area contributed by atoms with E-state index in [1.165, 1.54) is 12.8 Å². The Balaban J connectivity index is 2.46. The molecule has 120 valence electrons. The molecule has 0 bridgehead atoms. The van der Waals surface area contributed by atoms with Gasteiger partial charge in [-0.15, -0.1) is 0 Å². The highest BCUT2D eigenvalue weighted by atomic mass is 15.3. The van der Waals surface area contributed by atoms with Gasteiger partial charge < -0.3 is 10.6 Å². The summed E-state index contributed by atoms with van der Waals surface area (Å²) in [5, 5.41) is 10.8. The molecule has 0 saturated carbocycles. The maximum atomic E-state index is 4.57. The van der Waals surface area contributed by atoms with Gasteiger partial charge in [-0.25, -0.2) is 9.98 Å². The maximum Gasteiger partial charge on any atom is 0.191 e. The number of rotatable bonds is 8. The monoisotopic (exact) mass is 294 g/mol. The van der Waals surface area contributed by atoms with E-state index in [0.717, 1.165) is 30.7 Å². The van der Waals surface area contributed by atoms with Gasteiger partial charge >= 0.3 is 0 Å². The van der Waals surface area contributed by atoms with Gasteiger partial charge in [0.05, 0.1) is 0 Å². The molecule has 6 heteroatoms. The number of hydrogen-bond donors (Lipinski definition) is 2. The summed E-state index contributed by atoms with van der Waals surface area (Å²) in [6.45, 7) is 10.2. The zero-order chi connectivity index (χ0) is 15.7. The highest BCUT2D eigenvalue weighted by molar-refractivity contribution is 5.79. The standard InChI is InChI=1S/C15H30N6/c1-6-16-15(17-10-14-18-11-19-21(14)5)20-13(4)9-7-8-12(2)3/h11-13H,6-10H2,1-5H3,(H2,16,17,20). The zero-order valence-corrected chi connectivity index (χ0v) is 14.1. The van der Waals surface area contributed by atoms with Gasteiger partial charge in [0, 0.05) is 19.6 Å². The summed E-state index contributed by atoms with van der Waals surface area (Å²) in [5.41, 5.74) is 0. The largest absolute Gasteiger partial charge is 0.357 e. The van der Waals surface area contributed by atoms with Crippen LogP contribution in [0.1, 0.15) is 52.8 Å². The number of hydrogen-bond acceptors (Lipinski definition) is 3. The van der Waals surface area contributed by atoms with Crippen molar-refractivity contribution in [1.82, 2.24) is 25.4 Å². The Kier molecular flexibility index (Phi) is 7.79. The average Bonchev–Trinajstić information content (AvgIpc) is 2.81. The molecular weight excluding hydrogens is 264 g/mol. The van der Waals surface area contributed by atoms with Gasteiger partial charge in [0.15, 0.2) is 5.96 Å². The third-order valence-corrected chi connectivity index (χ3v) is 3.33. The molecule has 0 fully saturated rings. The molecule has 1 rings (SSSR count). The number of nitrogens with one attached hydrogen (secondary N) is 2. The van der Waals surface area contributed by atoms with Crippen molar-refractivity contribution in [2.45, 2.75) is 59.5 Å². The molecule has 1 atom stereocenters.